The number of aromatic nitrogens is 1. The largest absolute Gasteiger partial charge is 0.456 e. The average Bonchev–Trinajstić information content (AvgIpc) is 2.48. The highest BCUT2D eigenvalue weighted by atomic mass is 16.5. The van der Waals surface area contributed by atoms with E-state index in [0.29, 0.717) is 0 Å². The number of anilines is 1. The van der Waals surface area contributed by atoms with Crippen LogP contribution in [0.2, 0.25) is 0 Å². The second-order valence-corrected chi connectivity index (χ2v) is 5.52. The molecule has 1 heterocycles. The summed E-state index contributed by atoms with van der Waals surface area (Å²) >= 11 is 0. The number of nitrogens with zero attached hydrogens (tertiary/aromatic N) is 1. The Morgan fingerprint density at radius 2 is 1.80 bits per heavy atom. The lowest BCUT2D eigenvalue weighted by molar-refractivity contribution is 0.476. The molecule has 0 fully saturated rings. The van der Waals surface area contributed by atoms with Gasteiger partial charge in [0.05, 0.1) is 18.1 Å². The second kappa shape index (κ2) is 5.95. The fraction of sp³-hybridized carbons (Fsp3) is 0.353. The lowest BCUT2D eigenvalue weighted by Gasteiger charge is -2.23. The molecule has 0 bridgehead atoms. The molecule has 3 nitrogen and oxygen atoms in total. The van der Waals surface area contributed by atoms with E-state index in [1.165, 1.54) is 5.56 Å². The molecule has 106 valence electrons. The van der Waals surface area contributed by atoms with Gasteiger partial charge in [-0.1, -0.05) is 32.9 Å². The zero-order valence-corrected chi connectivity index (χ0v) is 12.6. The third-order valence-corrected chi connectivity index (χ3v) is 3.76. The first-order valence-corrected chi connectivity index (χ1v) is 6.96. The lowest BCUT2D eigenvalue weighted by atomic mass is 9.82. The summed E-state index contributed by atoms with van der Waals surface area (Å²) in [5.41, 5.74) is 2.47. The summed E-state index contributed by atoms with van der Waals surface area (Å²) in [5.74, 6) is 1.56. The molecule has 20 heavy (non-hydrogen) atoms. The van der Waals surface area contributed by atoms with Crippen molar-refractivity contribution >= 4 is 5.69 Å². The molecule has 0 spiro atoms. The number of benzene rings is 1. The first-order valence-electron chi connectivity index (χ1n) is 6.96. The molecule has 0 saturated heterocycles. The third-order valence-electron chi connectivity index (χ3n) is 3.76. The van der Waals surface area contributed by atoms with Gasteiger partial charge in [-0.05, 0) is 29.5 Å². The zero-order chi connectivity index (χ0) is 14.6. The molecule has 1 aromatic heterocycles. The molecular formula is C17H22N2O. The van der Waals surface area contributed by atoms with Crippen molar-refractivity contribution in [2.75, 3.05) is 12.4 Å². The topological polar surface area (TPSA) is 34.1 Å². The highest BCUT2D eigenvalue weighted by Crippen LogP contribution is 2.29. The fourth-order valence-electron chi connectivity index (χ4n) is 1.93. The van der Waals surface area contributed by atoms with E-state index >= 15 is 0 Å². The van der Waals surface area contributed by atoms with E-state index in [-0.39, 0.29) is 5.41 Å². The monoisotopic (exact) mass is 270 g/mol. The molecule has 2 rings (SSSR count). The van der Waals surface area contributed by atoms with E-state index in [2.05, 4.69) is 43.2 Å². The Morgan fingerprint density at radius 1 is 1.10 bits per heavy atom. The molecule has 0 unspecified atom stereocenters. The van der Waals surface area contributed by atoms with Crippen LogP contribution in [0.5, 0.6) is 11.5 Å². The van der Waals surface area contributed by atoms with E-state index in [1.807, 2.05) is 25.2 Å². The van der Waals surface area contributed by atoms with Crippen LogP contribution in [0, 0.1) is 0 Å². The second-order valence-electron chi connectivity index (χ2n) is 5.52. The minimum absolute atomic E-state index is 0.201. The van der Waals surface area contributed by atoms with Crippen molar-refractivity contribution in [3.8, 4) is 11.5 Å². The molecule has 0 aliphatic heterocycles. The van der Waals surface area contributed by atoms with Crippen molar-refractivity contribution in [2.45, 2.75) is 32.6 Å². The van der Waals surface area contributed by atoms with Gasteiger partial charge in [-0.3, -0.25) is 4.98 Å². The van der Waals surface area contributed by atoms with E-state index in [0.717, 1.165) is 23.6 Å². The van der Waals surface area contributed by atoms with Gasteiger partial charge in [0.15, 0.2) is 0 Å². The van der Waals surface area contributed by atoms with Gasteiger partial charge in [0, 0.05) is 13.1 Å². The van der Waals surface area contributed by atoms with Crippen molar-refractivity contribution in [1.82, 2.24) is 4.98 Å². The maximum Gasteiger partial charge on any atom is 0.147 e. The van der Waals surface area contributed by atoms with Crippen molar-refractivity contribution in [1.29, 1.82) is 0 Å². The normalized spacial score (nSPS) is 11.2. The summed E-state index contributed by atoms with van der Waals surface area (Å²) in [6.45, 7) is 6.71. The average molecular weight is 270 g/mol. The van der Waals surface area contributed by atoms with Crippen LogP contribution < -0.4 is 10.1 Å². The summed E-state index contributed by atoms with van der Waals surface area (Å²) in [4.78, 5) is 4.13. The zero-order valence-electron chi connectivity index (χ0n) is 12.6. The Morgan fingerprint density at radius 3 is 2.40 bits per heavy atom. The Hall–Kier alpha value is -2.03. The molecule has 1 aromatic carbocycles. The Balaban J connectivity index is 2.14. The van der Waals surface area contributed by atoms with Gasteiger partial charge < -0.3 is 10.1 Å². The number of nitrogens with one attached hydrogen (secondary N) is 1. The van der Waals surface area contributed by atoms with E-state index < -0.39 is 0 Å². The molecule has 0 atom stereocenters. The van der Waals surface area contributed by atoms with E-state index in [9.17, 15) is 0 Å². The molecular weight excluding hydrogens is 248 g/mol. The summed E-state index contributed by atoms with van der Waals surface area (Å²) in [7, 11) is 1.86. The van der Waals surface area contributed by atoms with Gasteiger partial charge in [-0.25, -0.2) is 0 Å². The summed E-state index contributed by atoms with van der Waals surface area (Å²) < 4.78 is 5.82. The minimum Gasteiger partial charge on any atom is -0.456 e. The van der Waals surface area contributed by atoms with Crippen LogP contribution in [0.3, 0.4) is 0 Å². The standard InChI is InChI=1S/C17H22N2O/c1-5-17(2,3)13-6-8-15(9-7-13)20-16-10-14(18-4)11-19-12-16/h6-12,18H,5H2,1-4H3. The Labute approximate surface area is 121 Å². The number of rotatable bonds is 5. The maximum atomic E-state index is 5.82. The van der Waals surface area contributed by atoms with E-state index in [4.69, 9.17) is 4.74 Å². The van der Waals surface area contributed by atoms with Crippen LogP contribution in [0.15, 0.2) is 42.7 Å². The molecule has 0 aliphatic rings. The molecule has 0 radical (unpaired) electrons. The Bertz CT molecular complexity index is 561. The minimum atomic E-state index is 0.201. The summed E-state index contributed by atoms with van der Waals surface area (Å²) in [6, 6.07) is 10.2. The van der Waals surface area contributed by atoms with Gasteiger partial charge >= 0.3 is 0 Å². The van der Waals surface area contributed by atoms with Gasteiger partial charge in [-0.2, -0.15) is 0 Å². The molecule has 0 aliphatic carbocycles. The lowest BCUT2D eigenvalue weighted by Crippen LogP contribution is -2.14. The van der Waals surface area contributed by atoms with Crippen LogP contribution in [-0.2, 0) is 5.41 Å². The molecule has 0 saturated carbocycles. The quantitative estimate of drug-likeness (QED) is 0.862. The number of hydrogen-bond donors (Lipinski definition) is 1. The SMILES string of the molecule is CCC(C)(C)c1ccc(Oc2cncc(NC)c2)cc1. The first kappa shape index (κ1) is 14.4. The number of ether oxygens (including phenoxy) is 1. The first-order chi connectivity index (χ1) is 9.55. The number of hydrogen-bond acceptors (Lipinski definition) is 3. The summed E-state index contributed by atoms with van der Waals surface area (Å²) in [5, 5.41) is 3.05. The predicted molar refractivity (Wildman–Crippen MR) is 83.6 cm³/mol. The van der Waals surface area contributed by atoms with Gasteiger partial charge in [0.2, 0.25) is 0 Å². The van der Waals surface area contributed by atoms with Crippen LogP contribution in [0.1, 0.15) is 32.8 Å². The van der Waals surface area contributed by atoms with Gasteiger partial charge in [0.25, 0.3) is 0 Å². The molecule has 3 heteroatoms. The van der Waals surface area contributed by atoms with Crippen molar-refractivity contribution in [3.05, 3.63) is 48.3 Å². The Kier molecular flexibility index (Phi) is 4.28. The third kappa shape index (κ3) is 3.29. The van der Waals surface area contributed by atoms with E-state index in [1.54, 1.807) is 12.4 Å². The van der Waals surface area contributed by atoms with Crippen LogP contribution >= 0.6 is 0 Å². The highest BCUT2D eigenvalue weighted by Gasteiger charge is 2.17. The van der Waals surface area contributed by atoms with Gasteiger partial charge in [0.1, 0.15) is 11.5 Å². The predicted octanol–water partition coefficient (Wildman–Crippen LogP) is 4.60. The van der Waals surface area contributed by atoms with Crippen molar-refractivity contribution in [3.63, 3.8) is 0 Å². The molecule has 0 amide bonds. The van der Waals surface area contributed by atoms with Crippen molar-refractivity contribution in [2.24, 2.45) is 0 Å². The maximum absolute atomic E-state index is 5.82. The number of pyridine rings is 1. The van der Waals surface area contributed by atoms with Crippen molar-refractivity contribution < 1.29 is 4.74 Å². The molecule has 2 aromatic rings. The van der Waals surface area contributed by atoms with Gasteiger partial charge in [-0.15, -0.1) is 0 Å². The summed E-state index contributed by atoms with van der Waals surface area (Å²) in [6.07, 6.45) is 4.59. The van der Waals surface area contributed by atoms with Crippen LogP contribution in [0.25, 0.3) is 0 Å². The molecule has 1 N–H and O–H groups in total. The van der Waals surface area contributed by atoms with Crippen LogP contribution in [0.4, 0.5) is 5.69 Å². The fourth-order valence-corrected chi connectivity index (χ4v) is 1.93. The highest BCUT2D eigenvalue weighted by molar-refractivity contribution is 5.45. The van der Waals surface area contributed by atoms with Crippen LogP contribution in [-0.4, -0.2) is 12.0 Å². The smallest absolute Gasteiger partial charge is 0.147 e.